The fourth-order valence-electron chi connectivity index (χ4n) is 3.20. The first-order valence-electron chi connectivity index (χ1n) is 7.58. The van der Waals surface area contributed by atoms with Gasteiger partial charge in [0, 0.05) is 37.9 Å². The Hall–Kier alpha value is -1.32. The number of aromatic nitrogens is 1. The summed E-state index contributed by atoms with van der Waals surface area (Å²) in [4.78, 5) is 0. The number of hydrogen-bond acceptors (Lipinski definition) is 2. The van der Waals surface area contributed by atoms with Crippen molar-refractivity contribution in [3.63, 3.8) is 0 Å². The van der Waals surface area contributed by atoms with Crippen LogP contribution in [0.5, 0.6) is 0 Å². The Kier molecular flexibility index (Phi) is 4.08. The van der Waals surface area contributed by atoms with Gasteiger partial charge in [-0.2, -0.15) is 0 Å². The minimum Gasteiger partial charge on any atom is -0.381 e. The van der Waals surface area contributed by atoms with Crippen LogP contribution in [0.1, 0.15) is 24.1 Å². The minimum atomic E-state index is 0.778. The van der Waals surface area contributed by atoms with Crippen molar-refractivity contribution in [2.75, 3.05) is 19.8 Å². The Morgan fingerprint density at radius 1 is 1.30 bits per heavy atom. The van der Waals surface area contributed by atoms with E-state index < -0.39 is 0 Å². The van der Waals surface area contributed by atoms with E-state index in [2.05, 4.69) is 48.1 Å². The SMILES string of the molecule is Cc1cccc2cc(CNCC3CCOCC3)n(C)c12. The molecule has 0 amide bonds. The van der Waals surface area contributed by atoms with E-state index in [1.54, 1.807) is 0 Å². The topological polar surface area (TPSA) is 26.2 Å². The molecule has 0 bridgehead atoms. The molecule has 3 heteroatoms. The van der Waals surface area contributed by atoms with Crippen LogP contribution >= 0.6 is 0 Å². The van der Waals surface area contributed by atoms with Crippen LogP contribution in [-0.2, 0) is 18.3 Å². The van der Waals surface area contributed by atoms with Crippen molar-refractivity contribution in [2.24, 2.45) is 13.0 Å². The highest BCUT2D eigenvalue weighted by Gasteiger charge is 2.13. The minimum absolute atomic E-state index is 0.778. The second-order valence-electron chi connectivity index (χ2n) is 5.89. The molecule has 3 rings (SSSR count). The summed E-state index contributed by atoms with van der Waals surface area (Å²) in [5.41, 5.74) is 4.07. The lowest BCUT2D eigenvalue weighted by molar-refractivity contribution is 0.0662. The lowest BCUT2D eigenvalue weighted by Crippen LogP contribution is -2.27. The highest BCUT2D eigenvalue weighted by Crippen LogP contribution is 2.22. The predicted molar refractivity (Wildman–Crippen MR) is 82.9 cm³/mol. The van der Waals surface area contributed by atoms with Crippen LogP contribution in [-0.4, -0.2) is 24.3 Å². The molecule has 3 nitrogen and oxygen atoms in total. The first-order valence-corrected chi connectivity index (χ1v) is 7.58. The number of nitrogens with one attached hydrogen (secondary N) is 1. The highest BCUT2D eigenvalue weighted by atomic mass is 16.5. The van der Waals surface area contributed by atoms with E-state index in [4.69, 9.17) is 4.74 Å². The zero-order chi connectivity index (χ0) is 13.9. The summed E-state index contributed by atoms with van der Waals surface area (Å²) in [5.74, 6) is 0.778. The van der Waals surface area contributed by atoms with Gasteiger partial charge >= 0.3 is 0 Å². The zero-order valence-corrected chi connectivity index (χ0v) is 12.5. The number of ether oxygens (including phenoxy) is 1. The van der Waals surface area contributed by atoms with Crippen LogP contribution in [0.15, 0.2) is 24.3 Å². The fourth-order valence-corrected chi connectivity index (χ4v) is 3.20. The summed E-state index contributed by atoms with van der Waals surface area (Å²) in [5, 5.41) is 4.96. The molecule has 1 aromatic carbocycles. The molecule has 1 aliphatic rings. The molecule has 1 fully saturated rings. The third-order valence-electron chi connectivity index (χ3n) is 4.44. The molecule has 2 aromatic rings. The average Bonchev–Trinajstić information content (AvgIpc) is 2.78. The van der Waals surface area contributed by atoms with Crippen LogP contribution in [0.2, 0.25) is 0 Å². The fraction of sp³-hybridized carbons (Fsp3) is 0.529. The summed E-state index contributed by atoms with van der Waals surface area (Å²) in [6, 6.07) is 8.82. The van der Waals surface area contributed by atoms with E-state index >= 15 is 0 Å². The van der Waals surface area contributed by atoms with Gasteiger partial charge in [0.2, 0.25) is 0 Å². The van der Waals surface area contributed by atoms with Crippen LogP contribution in [0, 0.1) is 12.8 Å². The molecule has 0 radical (unpaired) electrons. The lowest BCUT2D eigenvalue weighted by Gasteiger charge is -2.22. The molecule has 0 atom stereocenters. The number of fused-ring (bicyclic) bond motifs is 1. The second kappa shape index (κ2) is 5.98. The van der Waals surface area contributed by atoms with E-state index in [1.165, 1.54) is 35.0 Å². The van der Waals surface area contributed by atoms with E-state index in [-0.39, 0.29) is 0 Å². The van der Waals surface area contributed by atoms with Gasteiger partial charge in [0.25, 0.3) is 0 Å². The molecule has 0 spiro atoms. The first-order chi connectivity index (χ1) is 9.75. The summed E-state index contributed by atoms with van der Waals surface area (Å²) in [6.07, 6.45) is 2.39. The van der Waals surface area contributed by atoms with Crippen molar-refractivity contribution in [3.05, 3.63) is 35.5 Å². The second-order valence-corrected chi connectivity index (χ2v) is 5.89. The van der Waals surface area contributed by atoms with Crippen LogP contribution < -0.4 is 5.32 Å². The van der Waals surface area contributed by atoms with Crippen LogP contribution in [0.25, 0.3) is 10.9 Å². The molecule has 1 saturated heterocycles. The molecular weight excluding hydrogens is 248 g/mol. The number of nitrogens with zero attached hydrogens (tertiary/aromatic N) is 1. The van der Waals surface area contributed by atoms with E-state index in [0.29, 0.717) is 0 Å². The van der Waals surface area contributed by atoms with Gasteiger partial charge in [0.05, 0.1) is 5.52 Å². The summed E-state index contributed by atoms with van der Waals surface area (Å²) >= 11 is 0. The van der Waals surface area contributed by atoms with Gasteiger partial charge in [-0.1, -0.05) is 18.2 Å². The van der Waals surface area contributed by atoms with Crippen molar-refractivity contribution in [3.8, 4) is 0 Å². The van der Waals surface area contributed by atoms with Gasteiger partial charge in [-0.3, -0.25) is 0 Å². The first kappa shape index (κ1) is 13.7. The van der Waals surface area contributed by atoms with Gasteiger partial charge < -0.3 is 14.6 Å². The Morgan fingerprint density at radius 2 is 2.10 bits per heavy atom. The summed E-state index contributed by atoms with van der Waals surface area (Å²) in [7, 11) is 2.17. The molecule has 108 valence electrons. The molecule has 0 saturated carbocycles. The summed E-state index contributed by atoms with van der Waals surface area (Å²) < 4.78 is 7.73. The number of benzene rings is 1. The number of para-hydroxylation sites is 1. The third kappa shape index (κ3) is 2.74. The predicted octanol–water partition coefficient (Wildman–Crippen LogP) is 3.00. The standard InChI is InChI=1S/C17H24N2O/c1-13-4-3-5-15-10-16(19(2)17(13)15)12-18-11-14-6-8-20-9-7-14/h3-5,10,14,18H,6-9,11-12H2,1-2H3. The Labute approximate surface area is 120 Å². The molecule has 1 aliphatic heterocycles. The van der Waals surface area contributed by atoms with E-state index in [1.807, 2.05) is 0 Å². The smallest absolute Gasteiger partial charge is 0.0510 e. The molecule has 1 N–H and O–H groups in total. The molecular formula is C17H24N2O. The van der Waals surface area contributed by atoms with Crippen molar-refractivity contribution in [2.45, 2.75) is 26.3 Å². The van der Waals surface area contributed by atoms with Crippen LogP contribution in [0.4, 0.5) is 0 Å². The molecule has 0 aliphatic carbocycles. The van der Waals surface area contributed by atoms with Gasteiger partial charge in [-0.25, -0.2) is 0 Å². The maximum Gasteiger partial charge on any atom is 0.0510 e. The van der Waals surface area contributed by atoms with Crippen molar-refractivity contribution in [1.29, 1.82) is 0 Å². The normalized spacial score (nSPS) is 16.9. The maximum absolute atomic E-state index is 5.40. The Bertz CT molecular complexity index is 582. The molecule has 2 heterocycles. The van der Waals surface area contributed by atoms with Crippen molar-refractivity contribution in [1.82, 2.24) is 9.88 Å². The maximum atomic E-state index is 5.40. The molecule has 0 unspecified atom stereocenters. The van der Waals surface area contributed by atoms with Gasteiger partial charge in [0.15, 0.2) is 0 Å². The lowest BCUT2D eigenvalue weighted by atomic mass is 10.0. The largest absolute Gasteiger partial charge is 0.381 e. The van der Waals surface area contributed by atoms with Gasteiger partial charge in [-0.15, -0.1) is 0 Å². The highest BCUT2D eigenvalue weighted by molar-refractivity contribution is 5.84. The Balaban J connectivity index is 1.65. The average molecular weight is 272 g/mol. The number of rotatable bonds is 4. The van der Waals surface area contributed by atoms with Crippen molar-refractivity contribution >= 4 is 10.9 Å². The molecule has 1 aromatic heterocycles. The number of hydrogen-bond donors (Lipinski definition) is 1. The monoisotopic (exact) mass is 272 g/mol. The quantitative estimate of drug-likeness (QED) is 0.926. The third-order valence-corrected chi connectivity index (χ3v) is 4.44. The van der Waals surface area contributed by atoms with Crippen LogP contribution in [0.3, 0.4) is 0 Å². The van der Waals surface area contributed by atoms with Gasteiger partial charge in [0.1, 0.15) is 0 Å². The van der Waals surface area contributed by atoms with Gasteiger partial charge in [-0.05, 0) is 43.9 Å². The van der Waals surface area contributed by atoms with Crippen molar-refractivity contribution < 1.29 is 4.74 Å². The summed E-state index contributed by atoms with van der Waals surface area (Å²) in [6.45, 7) is 6.09. The Morgan fingerprint density at radius 3 is 2.85 bits per heavy atom. The number of aryl methyl sites for hydroxylation is 2. The molecule has 20 heavy (non-hydrogen) atoms. The van der Waals surface area contributed by atoms with E-state index in [0.717, 1.165) is 32.2 Å². The van der Waals surface area contributed by atoms with E-state index in [9.17, 15) is 0 Å². The zero-order valence-electron chi connectivity index (χ0n) is 12.5.